The van der Waals surface area contributed by atoms with E-state index in [1.807, 2.05) is 0 Å². The Hall–Kier alpha value is -0.170. The van der Waals surface area contributed by atoms with Crippen molar-refractivity contribution in [2.75, 3.05) is 25.6 Å². The zero-order valence-corrected chi connectivity index (χ0v) is 13.7. The Morgan fingerprint density at radius 2 is 1.90 bits per heavy atom. The fourth-order valence-corrected chi connectivity index (χ4v) is 3.19. The van der Waals surface area contributed by atoms with Crippen LogP contribution in [0.4, 0.5) is 0 Å². The molecular formula is C14H29NO4S. The minimum absolute atomic E-state index is 0.136. The number of rotatable bonds is 8. The highest BCUT2D eigenvalue weighted by molar-refractivity contribution is 7.89. The Kier molecular flexibility index (Phi) is 7.43. The van der Waals surface area contributed by atoms with E-state index in [4.69, 9.17) is 14.6 Å². The second-order valence-electron chi connectivity index (χ2n) is 6.21. The second kappa shape index (κ2) is 8.32. The SMILES string of the molecule is CC1CCC(C(C)C)C(OCCOCCS(N)(=O)=O)C1. The maximum absolute atomic E-state index is 10.7. The summed E-state index contributed by atoms with van der Waals surface area (Å²) in [6.45, 7) is 7.85. The molecule has 1 aliphatic rings. The molecule has 0 saturated heterocycles. The third-order valence-corrected chi connectivity index (χ3v) is 4.77. The molecule has 0 radical (unpaired) electrons. The zero-order valence-electron chi connectivity index (χ0n) is 12.9. The van der Waals surface area contributed by atoms with Gasteiger partial charge >= 0.3 is 0 Å². The molecule has 0 heterocycles. The summed E-state index contributed by atoms with van der Waals surface area (Å²) in [5.41, 5.74) is 0. The summed E-state index contributed by atoms with van der Waals surface area (Å²) < 4.78 is 32.7. The standard InChI is InChI=1S/C14H29NO4S/c1-11(2)13-5-4-12(3)10-14(13)19-7-6-18-8-9-20(15,16)17/h11-14H,4-10H2,1-3H3,(H2,15,16,17). The number of primary sulfonamides is 1. The van der Waals surface area contributed by atoms with E-state index in [9.17, 15) is 8.42 Å². The van der Waals surface area contributed by atoms with Crippen LogP contribution in [-0.2, 0) is 19.5 Å². The first kappa shape index (κ1) is 17.9. The molecule has 0 aliphatic heterocycles. The molecule has 5 nitrogen and oxygen atoms in total. The summed E-state index contributed by atoms with van der Waals surface area (Å²) in [6.07, 6.45) is 3.93. The molecule has 1 aliphatic carbocycles. The van der Waals surface area contributed by atoms with Gasteiger partial charge in [0.2, 0.25) is 10.0 Å². The van der Waals surface area contributed by atoms with Crippen molar-refractivity contribution in [3.05, 3.63) is 0 Å². The molecule has 6 heteroatoms. The molecule has 0 amide bonds. The van der Waals surface area contributed by atoms with E-state index in [0.29, 0.717) is 31.2 Å². The molecule has 0 aromatic carbocycles. The molecule has 0 aromatic heterocycles. The van der Waals surface area contributed by atoms with E-state index in [1.54, 1.807) is 0 Å². The third-order valence-electron chi connectivity index (χ3n) is 4.03. The van der Waals surface area contributed by atoms with Gasteiger partial charge in [0.25, 0.3) is 0 Å². The topological polar surface area (TPSA) is 78.6 Å². The van der Waals surface area contributed by atoms with Crippen molar-refractivity contribution in [2.45, 2.75) is 46.1 Å². The molecular weight excluding hydrogens is 278 g/mol. The smallest absolute Gasteiger partial charge is 0.211 e. The van der Waals surface area contributed by atoms with Crippen LogP contribution in [0.25, 0.3) is 0 Å². The fraction of sp³-hybridized carbons (Fsp3) is 1.00. The molecule has 1 saturated carbocycles. The van der Waals surface area contributed by atoms with Gasteiger partial charge < -0.3 is 9.47 Å². The van der Waals surface area contributed by atoms with Crippen molar-refractivity contribution in [3.63, 3.8) is 0 Å². The Morgan fingerprint density at radius 3 is 2.50 bits per heavy atom. The van der Waals surface area contributed by atoms with E-state index in [2.05, 4.69) is 20.8 Å². The number of sulfonamides is 1. The quantitative estimate of drug-likeness (QED) is 0.693. The lowest BCUT2D eigenvalue weighted by Gasteiger charge is -2.37. The molecule has 2 N–H and O–H groups in total. The minimum Gasteiger partial charge on any atom is -0.378 e. The number of hydrogen-bond donors (Lipinski definition) is 1. The summed E-state index contributed by atoms with van der Waals surface area (Å²) >= 11 is 0. The van der Waals surface area contributed by atoms with Gasteiger partial charge in [-0.1, -0.05) is 27.2 Å². The predicted molar refractivity (Wildman–Crippen MR) is 79.9 cm³/mol. The van der Waals surface area contributed by atoms with Crippen LogP contribution in [-0.4, -0.2) is 40.1 Å². The lowest BCUT2D eigenvalue weighted by molar-refractivity contribution is -0.0569. The van der Waals surface area contributed by atoms with Crippen LogP contribution in [0.2, 0.25) is 0 Å². The molecule has 120 valence electrons. The average Bonchev–Trinajstić information content (AvgIpc) is 2.32. The van der Waals surface area contributed by atoms with E-state index < -0.39 is 10.0 Å². The maximum Gasteiger partial charge on any atom is 0.211 e. The molecule has 20 heavy (non-hydrogen) atoms. The van der Waals surface area contributed by atoms with Gasteiger partial charge in [0.05, 0.1) is 31.7 Å². The first-order chi connectivity index (χ1) is 9.29. The van der Waals surface area contributed by atoms with E-state index in [1.165, 1.54) is 12.8 Å². The summed E-state index contributed by atoms with van der Waals surface area (Å²) in [6, 6.07) is 0. The third kappa shape index (κ3) is 7.02. The van der Waals surface area contributed by atoms with E-state index in [0.717, 1.165) is 12.3 Å². The van der Waals surface area contributed by atoms with Crippen LogP contribution in [0.5, 0.6) is 0 Å². The van der Waals surface area contributed by atoms with Crippen molar-refractivity contribution >= 4 is 10.0 Å². The lowest BCUT2D eigenvalue weighted by atomic mass is 9.75. The molecule has 0 spiro atoms. The van der Waals surface area contributed by atoms with E-state index in [-0.39, 0.29) is 12.4 Å². The minimum atomic E-state index is -3.42. The average molecular weight is 307 g/mol. The van der Waals surface area contributed by atoms with Crippen molar-refractivity contribution in [1.82, 2.24) is 0 Å². The number of hydrogen-bond acceptors (Lipinski definition) is 4. The molecule has 3 atom stereocenters. The van der Waals surface area contributed by atoms with Gasteiger partial charge in [-0.15, -0.1) is 0 Å². The maximum atomic E-state index is 10.7. The molecule has 0 aromatic rings. The van der Waals surface area contributed by atoms with Gasteiger partial charge in [-0.25, -0.2) is 13.6 Å². The normalized spacial score (nSPS) is 27.9. The van der Waals surface area contributed by atoms with Crippen molar-refractivity contribution in [3.8, 4) is 0 Å². The van der Waals surface area contributed by atoms with Crippen LogP contribution in [0, 0.1) is 17.8 Å². The van der Waals surface area contributed by atoms with Crippen molar-refractivity contribution < 1.29 is 17.9 Å². The van der Waals surface area contributed by atoms with Gasteiger partial charge in [0.15, 0.2) is 0 Å². The Balaban J connectivity index is 2.21. The summed E-state index contributed by atoms with van der Waals surface area (Å²) in [4.78, 5) is 0. The van der Waals surface area contributed by atoms with Gasteiger partial charge in [0, 0.05) is 0 Å². The monoisotopic (exact) mass is 307 g/mol. The van der Waals surface area contributed by atoms with Crippen LogP contribution in [0.1, 0.15) is 40.0 Å². The van der Waals surface area contributed by atoms with Gasteiger partial charge in [-0.05, 0) is 30.6 Å². The summed E-state index contributed by atoms with van der Waals surface area (Å²) in [5.74, 6) is 1.84. The predicted octanol–water partition coefficient (Wildman–Crippen LogP) is 1.77. The van der Waals surface area contributed by atoms with Crippen LogP contribution >= 0.6 is 0 Å². The van der Waals surface area contributed by atoms with Gasteiger partial charge in [-0.2, -0.15) is 0 Å². The highest BCUT2D eigenvalue weighted by atomic mass is 32.2. The first-order valence-electron chi connectivity index (χ1n) is 7.49. The number of nitrogens with two attached hydrogens (primary N) is 1. The zero-order chi connectivity index (χ0) is 15.2. The highest BCUT2D eigenvalue weighted by Crippen LogP contribution is 2.35. The highest BCUT2D eigenvalue weighted by Gasteiger charge is 2.31. The lowest BCUT2D eigenvalue weighted by Crippen LogP contribution is -2.35. The largest absolute Gasteiger partial charge is 0.378 e. The number of ether oxygens (including phenoxy) is 2. The van der Waals surface area contributed by atoms with Crippen LogP contribution < -0.4 is 5.14 Å². The Labute approximate surface area is 123 Å². The Morgan fingerprint density at radius 1 is 1.20 bits per heavy atom. The first-order valence-corrected chi connectivity index (χ1v) is 9.21. The molecule has 1 fully saturated rings. The van der Waals surface area contributed by atoms with Crippen molar-refractivity contribution in [2.24, 2.45) is 22.9 Å². The van der Waals surface area contributed by atoms with Crippen LogP contribution in [0.3, 0.4) is 0 Å². The second-order valence-corrected chi connectivity index (χ2v) is 7.95. The van der Waals surface area contributed by atoms with Gasteiger partial charge in [-0.3, -0.25) is 0 Å². The van der Waals surface area contributed by atoms with E-state index >= 15 is 0 Å². The fourth-order valence-electron chi connectivity index (χ4n) is 2.84. The summed E-state index contributed by atoms with van der Waals surface area (Å²) in [5, 5.41) is 4.89. The van der Waals surface area contributed by atoms with Crippen LogP contribution in [0.15, 0.2) is 0 Å². The Bertz CT molecular complexity index is 369. The molecule has 0 bridgehead atoms. The molecule has 3 unspecified atom stereocenters. The van der Waals surface area contributed by atoms with Crippen molar-refractivity contribution in [1.29, 1.82) is 0 Å². The summed E-state index contributed by atoms with van der Waals surface area (Å²) in [7, 11) is -3.42. The molecule has 1 rings (SSSR count). The van der Waals surface area contributed by atoms with Gasteiger partial charge in [0.1, 0.15) is 0 Å².